The molecular weight excluding hydrogens is 207 g/mol. The standard InChI is InChI=1S/C9H4F3N3/c10-9(11,12)8(14-15-8)7-3-1-6(5-13)2-4-7/h1-4H. The van der Waals surface area contributed by atoms with Crippen molar-refractivity contribution in [3.8, 4) is 6.07 Å². The van der Waals surface area contributed by atoms with Gasteiger partial charge in [0, 0.05) is 5.56 Å². The second-order valence-corrected chi connectivity index (χ2v) is 3.06. The van der Waals surface area contributed by atoms with Crippen LogP contribution in [0.5, 0.6) is 0 Å². The van der Waals surface area contributed by atoms with Gasteiger partial charge < -0.3 is 0 Å². The molecule has 0 atom stereocenters. The smallest absolute Gasteiger partial charge is 0.192 e. The summed E-state index contributed by atoms with van der Waals surface area (Å²) in [5.74, 6) is 0. The van der Waals surface area contributed by atoms with Crippen LogP contribution >= 0.6 is 0 Å². The summed E-state index contributed by atoms with van der Waals surface area (Å²) < 4.78 is 37.5. The number of halogens is 3. The van der Waals surface area contributed by atoms with Crippen molar-refractivity contribution in [2.45, 2.75) is 11.8 Å². The Kier molecular flexibility index (Phi) is 1.80. The van der Waals surface area contributed by atoms with E-state index in [9.17, 15) is 13.2 Å². The maximum atomic E-state index is 12.5. The van der Waals surface area contributed by atoms with E-state index in [1.807, 2.05) is 6.07 Å². The highest BCUT2D eigenvalue weighted by atomic mass is 19.4. The molecule has 0 aromatic heterocycles. The molecule has 0 unspecified atom stereocenters. The molecule has 2 rings (SSSR count). The Bertz CT molecular complexity index is 447. The molecule has 0 N–H and O–H groups in total. The van der Waals surface area contributed by atoms with E-state index in [2.05, 4.69) is 10.2 Å². The number of benzene rings is 1. The van der Waals surface area contributed by atoms with Crippen LogP contribution in [0.25, 0.3) is 0 Å². The summed E-state index contributed by atoms with van der Waals surface area (Å²) in [7, 11) is 0. The lowest BCUT2D eigenvalue weighted by atomic mass is 10.0. The zero-order valence-electron chi connectivity index (χ0n) is 7.28. The third-order valence-electron chi connectivity index (χ3n) is 2.11. The van der Waals surface area contributed by atoms with Crippen LogP contribution in [0.4, 0.5) is 13.2 Å². The Morgan fingerprint density at radius 2 is 1.67 bits per heavy atom. The molecule has 0 radical (unpaired) electrons. The summed E-state index contributed by atoms with van der Waals surface area (Å²) in [5, 5.41) is 14.6. The van der Waals surface area contributed by atoms with Crippen molar-refractivity contribution in [2.24, 2.45) is 10.2 Å². The van der Waals surface area contributed by atoms with Gasteiger partial charge in [-0.2, -0.15) is 18.4 Å². The molecule has 1 aliphatic rings. The van der Waals surface area contributed by atoms with Crippen LogP contribution in [-0.2, 0) is 5.66 Å². The fourth-order valence-corrected chi connectivity index (χ4v) is 1.22. The zero-order chi connectivity index (χ0) is 11.1. The van der Waals surface area contributed by atoms with Crippen LogP contribution in [0.3, 0.4) is 0 Å². The maximum Gasteiger partial charge on any atom is 0.442 e. The normalized spacial score (nSPS) is 17.2. The van der Waals surface area contributed by atoms with Crippen molar-refractivity contribution in [3.63, 3.8) is 0 Å². The van der Waals surface area contributed by atoms with Gasteiger partial charge in [0.2, 0.25) is 0 Å². The number of rotatable bonds is 1. The maximum absolute atomic E-state index is 12.5. The average Bonchev–Trinajstić information content (AvgIpc) is 2.98. The minimum Gasteiger partial charge on any atom is -0.192 e. The molecule has 3 nitrogen and oxygen atoms in total. The molecule has 6 heteroatoms. The monoisotopic (exact) mass is 211 g/mol. The third kappa shape index (κ3) is 1.36. The van der Waals surface area contributed by atoms with Crippen LogP contribution in [0.2, 0.25) is 0 Å². The van der Waals surface area contributed by atoms with Gasteiger partial charge in [0.05, 0.1) is 11.6 Å². The topological polar surface area (TPSA) is 48.5 Å². The Labute approximate surface area is 82.9 Å². The van der Waals surface area contributed by atoms with Crippen molar-refractivity contribution in [2.75, 3.05) is 0 Å². The van der Waals surface area contributed by atoms with Gasteiger partial charge >= 0.3 is 11.8 Å². The Hall–Kier alpha value is -1.90. The molecule has 76 valence electrons. The molecule has 0 saturated heterocycles. The van der Waals surface area contributed by atoms with Gasteiger partial charge in [-0.05, 0) is 12.1 Å². The van der Waals surface area contributed by atoms with E-state index in [0.717, 1.165) is 0 Å². The number of nitriles is 1. The first-order valence-corrected chi connectivity index (χ1v) is 4.01. The van der Waals surface area contributed by atoms with Crippen LogP contribution in [0.1, 0.15) is 11.1 Å². The molecule has 15 heavy (non-hydrogen) atoms. The van der Waals surface area contributed by atoms with E-state index in [1.165, 1.54) is 24.3 Å². The summed E-state index contributed by atoms with van der Waals surface area (Å²) in [5.41, 5.74) is -2.15. The molecule has 1 heterocycles. The van der Waals surface area contributed by atoms with Crippen molar-refractivity contribution < 1.29 is 13.2 Å². The van der Waals surface area contributed by atoms with Gasteiger partial charge in [0.25, 0.3) is 0 Å². The first kappa shape index (κ1) is 9.65. The van der Waals surface area contributed by atoms with Crippen LogP contribution in [0.15, 0.2) is 34.5 Å². The van der Waals surface area contributed by atoms with Gasteiger partial charge in [-0.1, -0.05) is 12.1 Å². The van der Waals surface area contributed by atoms with Gasteiger partial charge in [-0.25, -0.2) is 0 Å². The van der Waals surface area contributed by atoms with E-state index < -0.39 is 11.8 Å². The highest BCUT2D eigenvalue weighted by Gasteiger charge is 2.65. The molecule has 0 spiro atoms. The lowest BCUT2D eigenvalue weighted by Crippen LogP contribution is -2.29. The molecule has 1 aromatic carbocycles. The Morgan fingerprint density at radius 1 is 1.13 bits per heavy atom. The first-order chi connectivity index (χ1) is 6.99. The average molecular weight is 211 g/mol. The summed E-state index contributed by atoms with van der Waals surface area (Å²) in [6.07, 6.45) is -4.51. The predicted octanol–water partition coefficient (Wildman–Crippen LogP) is 2.74. The van der Waals surface area contributed by atoms with Crippen LogP contribution < -0.4 is 0 Å². The first-order valence-electron chi connectivity index (χ1n) is 4.01. The fourth-order valence-electron chi connectivity index (χ4n) is 1.22. The summed E-state index contributed by atoms with van der Waals surface area (Å²) in [6, 6.07) is 6.87. The summed E-state index contributed by atoms with van der Waals surface area (Å²) in [6.45, 7) is 0. The lowest BCUT2D eigenvalue weighted by Gasteiger charge is -2.14. The number of hydrogen-bond donors (Lipinski definition) is 0. The molecule has 0 bridgehead atoms. The molecule has 1 aliphatic heterocycles. The van der Waals surface area contributed by atoms with Crippen LogP contribution in [-0.4, -0.2) is 6.18 Å². The van der Waals surface area contributed by atoms with E-state index in [1.54, 1.807) is 0 Å². The van der Waals surface area contributed by atoms with Crippen molar-refractivity contribution in [3.05, 3.63) is 35.4 Å². The third-order valence-corrected chi connectivity index (χ3v) is 2.11. The fraction of sp³-hybridized carbons (Fsp3) is 0.222. The van der Waals surface area contributed by atoms with Gasteiger partial charge in [0.1, 0.15) is 0 Å². The molecular formula is C9H4F3N3. The Morgan fingerprint density at radius 3 is 2.00 bits per heavy atom. The second kappa shape index (κ2) is 2.79. The van der Waals surface area contributed by atoms with E-state index >= 15 is 0 Å². The van der Waals surface area contributed by atoms with Crippen molar-refractivity contribution in [1.29, 1.82) is 5.26 Å². The summed E-state index contributed by atoms with van der Waals surface area (Å²) >= 11 is 0. The number of nitrogens with zero attached hydrogens (tertiary/aromatic N) is 3. The lowest BCUT2D eigenvalue weighted by molar-refractivity contribution is -0.166. The van der Waals surface area contributed by atoms with Crippen molar-refractivity contribution in [1.82, 2.24) is 0 Å². The van der Waals surface area contributed by atoms with Crippen LogP contribution in [0, 0.1) is 11.3 Å². The quantitative estimate of drug-likeness (QED) is 0.704. The molecule has 0 aliphatic carbocycles. The number of hydrogen-bond acceptors (Lipinski definition) is 3. The SMILES string of the molecule is N#Cc1ccc(C2(C(F)(F)F)N=N2)cc1. The highest BCUT2D eigenvalue weighted by Crippen LogP contribution is 2.52. The summed E-state index contributed by atoms with van der Waals surface area (Å²) in [4.78, 5) is 0. The zero-order valence-corrected chi connectivity index (χ0v) is 7.28. The Balaban J connectivity index is 2.36. The van der Waals surface area contributed by atoms with Crippen molar-refractivity contribution >= 4 is 0 Å². The molecule has 1 aromatic rings. The highest BCUT2D eigenvalue weighted by molar-refractivity contribution is 5.37. The van der Waals surface area contributed by atoms with E-state index in [4.69, 9.17) is 5.26 Å². The minimum atomic E-state index is -4.51. The van der Waals surface area contributed by atoms with Gasteiger partial charge in [-0.3, -0.25) is 0 Å². The molecule has 0 fully saturated rings. The van der Waals surface area contributed by atoms with Gasteiger partial charge in [-0.15, -0.1) is 10.2 Å². The van der Waals surface area contributed by atoms with E-state index in [0.29, 0.717) is 5.56 Å². The predicted molar refractivity (Wildman–Crippen MR) is 43.7 cm³/mol. The van der Waals surface area contributed by atoms with Gasteiger partial charge in [0.15, 0.2) is 0 Å². The molecule has 0 saturated carbocycles. The minimum absolute atomic E-state index is 0.0611. The molecule has 0 amide bonds. The van der Waals surface area contributed by atoms with E-state index in [-0.39, 0.29) is 5.56 Å². The number of alkyl halides is 3. The largest absolute Gasteiger partial charge is 0.442 e. The second-order valence-electron chi connectivity index (χ2n) is 3.06.